The first kappa shape index (κ1) is 18.3. The topological polar surface area (TPSA) is 84.1 Å². The third kappa shape index (κ3) is 3.94. The molecule has 144 valence electrons. The van der Waals surface area contributed by atoms with E-state index < -0.39 is 5.97 Å². The molecule has 0 aliphatic carbocycles. The highest BCUT2D eigenvalue weighted by Gasteiger charge is 2.23. The number of benzene rings is 1. The van der Waals surface area contributed by atoms with Gasteiger partial charge in [-0.3, -0.25) is 9.88 Å². The number of imidazole rings is 1. The van der Waals surface area contributed by atoms with Gasteiger partial charge < -0.3 is 9.67 Å². The van der Waals surface area contributed by atoms with E-state index in [0.29, 0.717) is 11.5 Å². The number of aromatic carboxylic acids is 1. The highest BCUT2D eigenvalue weighted by atomic mass is 16.4. The molecule has 0 saturated carbocycles. The van der Waals surface area contributed by atoms with Gasteiger partial charge in [-0.15, -0.1) is 0 Å². The number of piperidine rings is 1. The molecule has 0 amide bonds. The number of carboxylic acids is 1. The molecule has 1 saturated heterocycles. The van der Waals surface area contributed by atoms with Crippen LogP contribution in [-0.2, 0) is 13.6 Å². The molecule has 2 aromatic heterocycles. The van der Waals surface area contributed by atoms with Gasteiger partial charge in [0.25, 0.3) is 0 Å². The van der Waals surface area contributed by atoms with Crippen molar-refractivity contribution in [2.45, 2.75) is 25.3 Å². The fraction of sp³-hybridized carbons (Fsp3) is 0.333. The lowest BCUT2D eigenvalue weighted by Gasteiger charge is -2.31. The van der Waals surface area contributed by atoms with Gasteiger partial charge in [-0.05, 0) is 43.6 Å². The van der Waals surface area contributed by atoms with Crippen molar-refractivity contribution in [3.8, 4) is 11.5 Å². The number of aromatic nitrogens is 4. The third-order valence-corrected chi connectivity index (χ3v) is 5.29. The van der Waals surface area contributed by atoms with Crippen LogP contribution in [0.3, 0.4) is 0 Å². The number of hydrogen-bond donors (Lipinski definition) is 1. The Morgan fingerprint density at radius 3 is 2.79 bits per heavy atom. The van der Waals surface area contributed by atoms with Gasteiger partial charge in [-0.25, -0.2) is 14.8 Å². The van der Waals surface area contributed by atoms with E-state index >= 15 is 0 Å². The molecule has 1 aromatic carbocycles. The maximum atomic E-state index is 11.1. The molecule has 0 radical (unpaired) electrons. The molecule has 1 aliphatic heterocycles. The summed E-state index contributed by atoms with van der Waals surface area (Å²) in [5, 5.41) is 9.15. The van der Waals surface area contributed by atoms with Crippen LogP contribution in [0.4, 0.5) is 0 Å². The van der Waals surface area contributed by atoms with Crippen LogP contribution in [0.25, 0.3) is 11.5 Å². The number of rotatable bonds is 5. The number of nitrogens with zero attached hydrogens (tertiary/aromatic N) is 5. The minimum Gasteiger partial charge on any atom is -0.478 e. The second kappa shape index (κ2) is 7.90. The van der Waals surface area contributed by atoms with Gasteiger partial charge >= 0.3 is 5.97 Å². The van der Waals surface area contributed by atoms with Crippen LogP contribution in [-0.4, -0.2) is 48.6 Å². The van der Waals surface area contributed by atoms with E-state index in [9.17, 15) is 4.79 Å². The average molecular weight is 377 g/mol. The predicted octanol–water partition coefficient (Wildman–Crippen LogP) is 2.95. The summed E-state index contributed by atoms with van der Waals surface area (Å²) in [7, 11) is 1.95. The molecule has 0 unspecified atom stereocenters. The SMILES string of the molecule is Cn1ccnc1-c1cncc(C2CCN(Cc3cccc(C(=O)O)c3)CC2)n1. The first-order valence-corrected chi connectivity index (χ1v) is 9.44. The molecule has 0 atom stereocenters. The first-order valence-electron chi connectivity index (χ1n) is 9.44. The van der Waals surface area contributed by atoms with Crippen molar-refractivity contribution in [2.75, 3.05) is 13.1 Å². The lowest BCUT2D eigenvalue weighted by atomic mass is 9.93. The Morgan fingerprint density at radius 1 is 1.25 bits per heavy atom. The molecule has 1 N–H and O–H groups in total. The highest BCUT2D eigenvalue weighted by molar-refractivity contribution is 5.87. The summed E-state index contributed by atoms with van der Waals surface area (Å²) in [6.07, 6.45) is 9.32. The Balaban J connectivity index is 1.40. The Bertz CT molecular complexity index is 976. The van der Waals surface area contributed by atoms with E-state index in [1.165, 1.54) is 0 Å². The van der Waals surface area contributed by atoms with E-state index in [1.807, 2.05) is 36.1 Å². The van der Waals surface area contributed by atoms with Crippen molar-refractivity contribution in [2.24, 2.45) is 7.05 Å². The quantitative estimate of drug-likeness (QED) is 0.736. The second-order valence-corrected chi connectivity index (χ2v) is 7.25. The smallest absolute Gasteiger partial charge is 0.335 e. The molecular formula is C21H23N5O2. The average Bonchev–Trinajstić information content (AvgIpc) is 3.15. The summed E-state index contributed by atoms with van der Waals surface area (Å²) >= 11 is 0. The van der Waals surface area contributed by atoms with E-state index in [2.05, 4.69) is 14.9 Å². The molecule has 7 heteroatoms. The largest absolute Gasteiger partial charge is 0.478 e. The molecule has 0 spiro atoms. The van der Waals surface area contributed by atoms with Crippen LogP contribution < -0.4 is 0 Å². The molecule has 3 heterocycles. The van der Waals surface area contributed by atoms with Crippen LogP contribution in [0.5, 0.6) is 0 Å². The van der Waals surface area contributed by atoms with E-state index in [-0.39, 0.29) is 0 Å². The molecule has 4 rings (SSSR count). The number of carbonyl (C=O) groups is 1. The second-order valence-electron chi connectivity index (χ2n) is 7.25. The minimum absolute atomic E-state index is 0.341. The van der Waals surface area contributed by atoms with Crippen LogP contribution in [0, 0.1) is 0 Å². The Morgan fingerprint density at radius 2 is 2.07 bits per heavy atom. The maximum absolute atomic E-state index is 11.1. The van der Waals surface area contributed by atoms with E-state index in [4.69, 9.17) is 10.1 Å². The number of carboxylic acid groups (broad SMARTS) is 1. The highest BCUT2D eigenvalue weighted by Crippen LogP contribution is 2.28. The Hall–Kier alpha value is -3.06. The van der Waals surface area contributed by atoms with Crippen LogP contribution in [0.1, 0.15) is 40.4 Å². The number of aryl methyl sites for hydroxylation is 1. The summed E-state index contributed by atoms with van der Waals surface area (Å²) in [6.45, 7) is 2.68. The third-order valence-electron chi connectivity index (χ3n) is 5.29. The van der Waals surface area contributed by atoms with Crippen LogP contribution in [0.15, 0.2) is 49.1 Å². The lowest BCUT2D eigenvalue weighted by molar-refractivity contribution is 0.0696. The number of hydrogen-bond acceptors (Lipinski definition) is 5. The van der Waals surface area contributed by atoms with Crippen molar-refractivity contribution in [3.63, 3.8) is 0 Å². The van der Waals surface area contributed by atoms with Crippen molar-refractivity contribution in [1.29, 1.82) is 0 Å². The zero-order chi connectivity index (χ0) is 19.5. The zero-order valence-electron chi connectivity index (χ0n) is 15.8. The van der Waals surface area contributed by atoms with Gasteiger partial charge in [0.15, 0.2) is 5.82 Å². The molecular weight excluding hydrogens is 354 g/mol. The maximum Gasteiger partial charge on any atom is 0.335 e. The number of likely N-dealkylation sites (tertiary alicyclic amines) is 1. The lowest BCUT2D eigenvalue weighted by Crippen LogP contribution is -2.32. The summed E-state index contributed by atoms with van der Waals surface area (Å²) in [5.74, 6) is 0.325. The van der Waals surface area contributed by atoms with Gasteiger partial charge in [-0.1, -0.05) is 12.1 Å². The van der Waals surface area contributed by atoms with Gasteiger partial charge in [-0.2, -0.15) is 0 Å². The predicted molar refractivity (Wildman–Crippen MR) is 105 cm³/mol. The molecule has 3 aromatic rings. The van der Waals surface area contributed by atoms with Crippen molar-refractivity contribution in [1.82, 2.24) is 24.4 Å². The molecule has 1 fully saturated rings. The van der Waals surface area contributed by atoms with Crippen molar-refractivity contribution in [3.05, 3.63) is 65.9 Å². The van der Waals surface area contributed by atoms with Crippen molar-refractivity contribution >= 4 is 5.97 Å². The van der Waals surface area contributed by atoms with Crippen LogP contribution in [0.2, 0.25) is 0 Å². The fourth-order valence-electron chi connectivity index (χ4n) is 3.75. The Kier molecular flexibility index (Phi) is 5.16. The van der Waals surface area contributed by atoms with Gasteiger partial charge in [0.1, 0.15) is 5.69 Å². The summed E-state index contributed by atoms with van der Waals surface area (Å²) in [6, 6.07) is 7.19. The molecule has 7 nitrogen and oxygen atoms in total. The van der Waals surface area contributed by atoms with Gasteiger partial charge in [0.2, 0.25) is 0 Å². The van der Waals surface area contributed by atoms with E-state index in [0.717, 1.165) is 55.3 Å². The monoisotopic (exact) mass is 377 g/mol. The normalized spacial score (nSPS) is 15.6. The van der Waals surface area contributed by atoms with E-state index in [1.54, 1.807) is 24.5 Å². The molecule has 1 aliphatic rings. The molecule has 0 bridgehead atoms. The van der Waals surface area contributed by atoms with Crippen molar-refractivity contribution < 1.29 is 9.90 Å². The summed E-state index contributed by atoms with van der Waals surface area (Å²) < 4.78 is 1.95. The molecule has 28 heavy (non-hydrogen) atoms. The Labute approximate surface area is 163 Å². The standard InChI is InChI=1S/C21H23N5O2/c1-25-10-7-23-20(25)19-13-22-12-18(24-19)16-5-8-26(9-6-16)14-15-3-2-4-17(11-15)21(27)28/h2-4,7,10-13,16H,5-6,8-9,14H2,1H3,(H,27,28). The van der Waals surface area contributed by atoms with Crippen LogP contribution >= 0.6 is 0 Å². The summed E-state index contributed by atoms with van der Waals surface area (Å²) in [5.41, 5.74) is 3.20. The van der Waals surface area contributed by atoms with Gasteiger partial charge in [0, 0.05) is 38.1 Å². The zero-order valence-corrected chi connectivity index (χ0v) is 15.8. The minimum atomic E-state index is -0.883. The fourth-order valence-corrected chi connectivity index (χ4v) is 3.75. The van der Waals surface area contributed by atoms with Gasteiger partial charge in [0.05, 0.1) is 17.5 Å². The first-order chi connectivity index (χ1) is 13.6. The summed E-state index contributed by atoms with van der Waals surface area (Å²) in [4.78, 5) is 27.1.